The molecule has 18 heavy (non-hydrogen) atoms. The summed E-state index contributed by atoms with van der Waals surface area (Å²) in [5.74, 6) is 0.571. The molecule has 2 rings (SSSR count). The maximum Gasteiger partial charge on any atom is 0.315 e. The average Bonchev–Trinajstić information content (AvgIpc) is 2.34. The summed E-state index contributed by atoms with van der Waals surface area (Å²) in [5.41, 5.74) is 1.19. The molecule has 1 unspecified atom stereocenters. The fourth-order valence-electron chi connectivity index (χ4n) is 2.26. The van der Waals surface area contributed by atoms with Crippen LogP contribution in [0.2, 0.25) is 0 Å². The van der Waals surface area contributed by atoms with E-state index in [1.807, 2.05) is 18.2 Å². The van der Waals surface area contributed by atoms with Crippen LogP contribution in [0.25, 0.3) is 0 Å². The first-order valence-electron chi connectivity index (χ1n) is 6.51. The molecule has 1 saturated carbocycles. The lowest BCUT2D eigenvalue weighted by molar-refractivity contribution is 0.208. The van der Waals surface area contributed by atoms with E-state index >= 15 is 0 Å². The minimum atomic E-state index is -0.115. The Morgan fingerprint density at radius 2 is 2.11 bits per heavy atom. The van der Waals surface area contributed by atoms with Gasteiger partial charge in [-0.1, -0.05) is 42.8 Å². The molecule has 0 spiro atoms. The quantitative estimate of drug-likeness (QED) is 0.768. The van der Waals surface area contributed by atoms with E-state index in [1.165, 1.54) is 24.8 Å². The van der Waals surface area contributed by atoms with E-state index in [4.69, 9.17) is 0 Å². The number of carbonyl (C=O) groups excluding carboxylic acids is 1. The number of urea groups is 1. The summed E-state index contributed by atoms with van der Waals surface area (Å²) < 4.78 is 0. The van der Waals surface area contributed by atoms with E-state index < -0.39 is 0 Å². The molecule has 0 bridgehead atoms. The molecule has 1 aromatic carbocycles. The van der Waals surface area contributed by atoms with Crippen LogP contribution in [0.3, 0.4) is 0 Å². The smallest absolute Gasteiger partial charge is 0.315 e. The fourth-order valence-corrected chi connectivity index (χ4v) is 2.26. The molecule has 2 amide bonds. The largest absolute Gasteiger partial charge is 0.335 e. The Morgan fingerprint density at radius 1 is 1.39 bits per heavy atom. The van der Waals surface area contributed by atoms with Crippen LogP contribution in [0, 0.1) is 5.92 Å². The van der Waals surface area contributed by atoms with Gasteiger partial charge in [-0.15, -0.1) is 6.58 Å². The first-order valence-corrected chi connectivity index (χ1v) is 6.51. The van der Waals surface area contributed by atoms with Crippen LogP contribution in [0.4, 0.5) is 4.79 Å². The standard InChI is InChI=1S/C15H20N2O/c1-2-11-16-15(18)17-14(13-9-6-10-13)12-7-4-3-5-8-12/h2-5,7-8,13-14H,1,6,9-11H2,(H2,16,17,18). The van der Waals surface area contributed by atoms with Crippen molar-refractivity contribution in [2.45, 2.75) is 25.3 Å². The summed E-state index contributed by atoms with van der Waals surface area (Å²) in [7, 11) is 0. The predicted octanol–water partition coefficient (Wildman–Crippen LogP) is 3.01. The summed E-state index contributed by atoms with van der Waals surface area (Å²) in [5, 5.41) is 5.84. The number of hydrogen-bond donors (Lipinski definition) is 2. The highest BCUT2D eigenvalue weighted by Crippen LogP contribution is 2.37. The molecule has 96 valence electrons. The molecule has 0 aliphatic heterocycles. The van der Waals surface area contributed by atoms with Crippen LogP contribution in [0.5, 0.6) is 0 Å². The normalized spacial score (nSPS) is 16.4. The average molecular weight is 244 g/mol. The molecule has 3 heteroatoms. The maximum atomic E-state index is 11.8. The third-order valence-corrected chi connectivity index (χ3v) is 3.47. The Labute approximate surface area is 108 Å². The van der Waals surface area contributed by atoms with Crippen LogP contribution in [-0.2, 0) is 0 Å². The second kappa shape index (κ2) is 6.24. The van der Waals surface area contributed by atoms with Gasteiger partial charge in [-0.2, -0.15) is 0 Å². The first kappa shape index (κ1) is 12.7. The van der Waals surface area contributed by atoms with Gasteiger partial charge in [0.15, 0.2) is 0 Å². The highest BCUT2D eigenvalue weighted by atomic mass is 16.2. The molecule has 1 fully saturated rings. The third-order valence-electron chi connectivity index (χ3n) is 3.47. The Balaban J connectivity index is 2.01. The van der Waals surface area contributed by atoms with E-state index in [2.05, 4.69) is 29.3 Å². The van der Waals surface area contributed by atoms with Gasteiger partial charge in [-0.25, -0.2) is 4.79 Å². The third kappa shape index (κ3) is 3.13. The summed E-state index contributed by atoms with van der Waals surface area (Å²) in [6.45, 7) is 4.09. The second-order valence-electron chi connectivity index (χ2n) is 4.72. The molecule has 1 atom stereocenters. The minimum Gasteiger partial charge on any atom is -0.335 e. The number of rotatable bonds is 5. The summed E-state index contributed by atoms with van der Waals surface area (Å²) >= 11 is 0. The number of benzene rings is 1. The van der Waals surface area contributed by atoms with Gasteiger partial charge < -0.3 is 10.6 Å². The van der Waals surface area contributed by atoms with Gasteiger partial charge in [0.05, 0.1) is 6.04 Å². The zero-order valence-electron chi connectivity index (χ0n) is 10.6. The topological polar surface area (TPSA) is 41.1 Å². The first-order chi connectivity index (χ1) is 8.81. The van der Waals surface area contributed by atoms with Crippen molar-refractivity contribution < 1.29 is 4.79 Å². The van der Waals surface area contributed by atoms with Gasteiger partial charge in [0.25, 0.3) is 0 Å². The van der Waals surface area contributed by atoms with Crippen molar-refractivity contribution >= 4 is 6.03 Å². The SMILES string of the molecule is C=CCNC(=O)NC(c1ccccc1)C1CCC1. The molecule has 2 N–H and O–H groups in total. The molecular weight excluding hydrogens is 224 g/mol. The van der Waals surface area contributed by atoms with Crippen molar-refractivity contribution in [3.8, 4) is 0 Å². The Morgan fingerprint density at radius 3 is 2.67 bits per heavy atom. The highest BCUT2D eigenvalue weighted by molar-refractivity contribution is 5.74. The summed E-state index contributed by atoms with van der Waals surface area (Å²) in [4.78, 5) is 11.8. The zero-order valence-corrected chi connectivity index (χ0v) is 10.6. The molecule has 0 saturated heterocycles. The van der Waals surface area contributed by atoms with Gasteiger partial charge in [0.2, 0.25) is 0 Å². The Bertz CT molecular complexity index is 398. The van der Waals surface area contributed by atoms with E-state index in [-0.39, 0.29) is 12.1 Å². The number of amides is 2. The molecule has 1 aliphatic carbocycles. The molecule has 1 aliphatic rings. The van der Waals surface area contributed by atoms with Crippen molar-refractivity contribution in [2.24, 2.45) is 5.92 Å². The van der Waals surface area contributed by atoms with Crippen molar-refractivity contribution in [3.05, 3.63) is 48.6 Å². The lowest BCUT2D eigenvalue weighted by Gasteiger charge is -2.34. The van der Waals surface area contributed by atoms with Crippen LogP contribution in [0.1, 0.15) is 30.9 Å². The second-order valence-corrected chi connectivity index (χ2v) is 4.72. The number of nitrogens with one attached hydrogen (secondary N) is 2. The van der Waals surface area contributed by atoms with E-state index in [0.29, 0.717) is 12.5 Å². The molecule has 0 aromatic heterocycles. The van der Waals surface area contributed by atoms with Crippen LogP contribution >= 0.6 is 0 Å². The van der Waals surface area contributed by atoms with Gasteiger partial charge in [-0.3, -0.25) is 0 Å². The van der Waals surface area contributed by atoms with Gasteiger partial charge in [0, 0.05) is 6.54 Å². The predicted molar refractivity (Wildman–Crippen MR) is 73.3 cm³/mol. The lowest BCUT2D eigenvalue weighted by Crippen LogP contribution is -2.42. The van der Waals surface area contributed by atoms with Gasteiger partial charge in [0.1, 0.15) is 0 Å². The Kier molecular flexibility index (Phi) is 4.40. The van der Waals surface area contributed by atoms with Crippen molar-refractivity contribution in [3.63, 3.8) is 0 Å². The number of hydrogen-bond acceptors (Lipinski definition) is 1. The maximum absolute atomic E-state index is 11.8. The molecule has 0 heterocycles. The van der Waals surface area contributed by atoms with E-state index in [1.54, 1.807) is 6.08 Å². The van der Waals surface area contributed by atoms with Crippen LogP contribution in [0.15, 0.2) is 43.0 Å². The molecule has 0 radical (unpaired) electrons. The van der Waals surface area contributed by atoms with Crippen LogP contribution < -0.4 is 10.6 Å². The van der Waals surface area contributed by atoms with Crippen molar-refractivity contribution in [1.82, 2.24) is 10.6 Å². The molecular formula is C15H20N2O. The van der Waals surface area contributed by atoms with Crippen molar-refractivity contribution in [1.29, 1.82) is 0 Å². The highest BCUT2D eigenvalue weighted by Gasteiger charge is 2.29. The van der Waals surface area contributed by atoms with E-state index in [0.717, 1.165) is 0 Å². The summed E-state index contributed by atoms with van der Waals surface area (Å²) in [6, 6.07) is 10.2. The zero-order chi connectivity index (χ0) is 12.8. The minimum absolute atomic E-state index is 0.115. The molecule has 1 aromatic rings. The van der Waals surface area contributed by atoms with Gasteiger partial charge >= 0.3 is 6.03 Å². The van der Waals surface area contributed by atoms with Crippen molar-refractivity contribution in [2.75, 3.05) is 6.54 Å². The lowest BCUT2D eigenvalue weighted by atomic mass is 9.77. The molecule has 3 nitrogen and oxygen atoms in total. The van der Waals surface area contributed by atoms with E-state index in [9.17, 15) is 4.79 Å². The number of carbonyl (C=O) groups is 1. The Hall–Kier alpha value is -1.77. The van der Waals surface area contributed by atoms with Crippen LogP contribution in [-0.4, -0.2) is 12.6 Å². The summed E-state index contributed by atoms with van der Waals surface area (Å²) in [6.07, 6.45) is 5.34. The van der Waals surface area contributed by atoms with Gasteiger partial charge in [-0.05, 0) is 24.3 Å². The fraction of sp³-hybridized carbons (Fsp3) is 0.400. The monoisotopic (exact) mass is 244 g/mol.